The Morgan fingerprint density at radius 1 is 1.10 bits per heavy atom. The molecule has 5 rings (SSSR count). The molecule has 0 bridgehead atoms. The van der Waals surface area contributed by atoms with Crippen LogP contribution in [0.4, 0.5) is 4.39 Å². The Labute approximate surface area is 237 Å². The van der Waals surface area contributed by atoms with E-state index in [2.05, 4.69) is 43.9 Å². The van der Waals surface area contributed by atoms with E-state index in [0.717, 1.165) is 29.1 Å². The van der Waals surface area contributed by atoms with Crippen LogP contribution in [0.5, 0.6) is 0 Å². The maximum absolute atomic E-state index is 13.9. The summed E-state index contributed by atoms with van der Waals surface area (Å²) in [6.07, 6.45) is 5.34. The lowest BCUT2D eigenvalue weighted by atomic mass is 9.68. The van der Waals surface area contributed by atoms with Crippen molar-refractivity contribution in [2.45, 2.75) is 43.9 Å². The molecule has 0 amide bonds. The molecule has 0 N–H and O–H groups in total. The molecular formula is C31H39FN4O3S. The van der Waals surface area contributed by atoms with E-state index in [9.17, 15) is 12.8 Å². The van der Waals surface area contributed by atoms with Crippen molar-refractivity contribution >= 4 is 16.1 Å². The van der Waals surface area contributed by atoms with Gasteiger partial charge in [-0.3, -0.25) is 0 Å². The van der Waals surface area contributed by atoms with Crippen molar-refractivity contribution in [3.63, 3.8) is 0 Å². The monoisotopic (exact) mass is 566 g/mol. The Morgan fingerprint density at radius 2 is 1.80 bits per heavy atom. The van der Waals surface area contributed by atoms with Crippen LogP contribution in [0.15, 0.2) is 65.2 Å². The molecule has 2 aliphatic rings. The molecule has 40 heavy (non-hydrogen) atoms. The largest absolute Gasteiger partial charge is 0.383 e. The van der Waals surface area contributed by atoms with Crippen LogP contribution in [-0.2, 0) is 26.6 Å². The first-order valence-corrected chi connectivity index (χ1v) is 15.2. The van der Waals surface area contributed by atoms with E-state index in [-0.39, 0.29) is 11.2 Å². The number of benzene rings is 2. The molecule has 1 aliphatic heterocycles. The zero-order chi connectivity index (χ0) is 28.7. The molecule has 1 aromatic heterocycles. The number of piperidine rings is 1. The van der Waals surface area contributed by atoms with Crippen molar-refractivity contribution in [1.82, 2.24) is 19.0 Å². The second-order valence-corrected chi connectivity index (χ2v) is 14.1. The van der Waals surface area contributed by atoms with E-state index in [4.69, 9.17) is 4.74 Å². The molecule has 9 heteroatoms. The van der Waals surface area contributed by atoms with Crippen LogP contribution < -0.4 is 0 Å². The molecule has 214 valence electrons. The van der Waals surface area contributed by atoms with Crippen LogP contribution in [0.25, 0.3) is 11.8 Å². The molecule has 7 nitrogen and oxygen atoms in total. The molecule has 1 atom stereocenters. The molecule has 0 radical (unpaired) electrons. The Kier molecular flexibility index (Phi) is 7.78. The van der Waals surface area contributed by atoms with Gasteiger partial charge in [0.25, 0.3) is 0 Å². The summed E-state index contributed by atoms with van der Waals surface area (Å²) in [7, 11) is 0.0672. The molecule has 1 aliphatic carbocycles. The summed E-state index contributed by atoms with van der Waals surface area (Å²) in [6.45, 7) is 9.20. The second-order valence-electron chi connectivity index (χ2n) is 12.2. The number of halogens is 1. The minimum Gasteiger partial charge on any atom is -0.383 e. The van der Waals surface area contributed by atoms with Gasteiger partial charge in [0.15, 0.2) is 0 Å². The second kappa shape index (κ2) is 10.9. The van der Waals surface area contributed by atoms with Crippen molar-refractivity contribution in [3.05, 3.63) is 82.9 Å². The highest BCUT2D eigenvalue weighted by molar-refractivity contribution is 7.89. The number of rotatable bonds is 8. The van der Waals surface area contributed by atoms with Crippen molar-refractivity contribution < 1.29 is 17.5 Å². The smallest absolute Gasteiger partial charge is 0.243 e. The van der Waals surface area contributed by atoms with Crippen molar-refractivity contribution in [1.29, 1.82) is 0 Å². The van der Waals surface area contributed by atoms with Gasteiger partial charge < -0.3 is 9.64 Å². The van der Waals surface area contributed by atoms with Gasteiger partial charge in [-0.25, -0.2) is 17.5 Å². The Balaban J connectivity index is 1.49. The maximum atomic E-state index is 13.9. The molecule has 2 heterocycles. The van der Waals surface area contributed by atoms with Crippen molar-refractivity contribution in [3.8, 4) is 5.69 Å². The lowest BCUT2D eigenvalue weighted by molar-refractivity contribution is 0.113. The zero-order valence-corrected chi connectivity index (χ0v) is 24.8. The van der Waals surface area contributed by atoms with Gasteiger partial charge in [-0.1, -0.05) is 38.5 Å². The van der Waals surface area contributed by atoms with Gasteiger partial charge in [-0.05, 0) is 78.9 Å². The predicted octanol–water partition coefficient (Wildman–Crippen LogP) is 4.91. The van der Waals surface area contributed by atoms with Crippen molar-refractivity contribution in [2.75, 3.05) is 46.9 Å². The molecule has 0 spiro atoms. The number of hydrogen-bond acceptors (Lipinski definition) is 5. The minimum atomic E-state index is -3.68. The number of sulfonamides is 1. The van der Waals surface area contributed by atoms with Crippen molar-refractivity contribution in [2.24, 2.45) is 5.41 Å². The standard InChI is InChI=1S/C31H39FN4O3S/c1-30(2,3)24-6-12-28(13-7-24)40(37,38)35-15-14-25-18-29-23(19-31(25,22-35)21-34(4)16-17-39-5)20-33-36(29)27-10-8-26(32)9-11-27/h6-13,18,20H,14-17,19,21-22H2,1-5H3/t31-/m0/s1. The van der Waals surface area contributed by atoms with E-state index in [0.29, 0.717) is 44.0 Å². The van der Waals surface area contributed by atoms with Gasteiger partial charge in [0.1, 0.15) is 5.82 Å². The highest BCUT2D eigenvalue weighted by Gasteiger charge is 2.46. The lowest BCUT2D eigenvalue weighted by Crippen LogP contribution is -2.53. The predicted molar refractivity (Wildman–Crippen MR) is 156 cm³/mol. The Morgan fingerprint density at radius 3 is 2.45 bits per heavy atom. The van der Waals surface area contributed by atoms with E-state index >= 15 is 0 Å². The molecule has 1 fully saturated rings. The molecule has 1 saturated heterocycles. The van der Waals surface area contributed by atoms with E-state index in [1.165, 1.54) is 17.7 Å². The summed E-state index contributed by atoms with van der Waals surface area (Å²) in [5, 5.41) is 4.64. The topological polar surface area (TPSA) is 67.7 Å². The summed E-state index contributed by atoms with van der Waals surface area (Å²) in [5.74, 6) is -0.289. The number of methoxy groups -OCH3 is 1. The highest BCUT2D eigenvalue weighted by atomic mass is 32.2. The number of aromatic nitrogens is 2. The van der Waals surface area contributed by atoms with Crippen LogP contribution in [0.3, 0.4) is 0 Å². The first-order chi connectivity index (χ1) is 18.9. The molecular weight excluding hydrogens is 527 g/mol. The van der Waals surface area contributed by atoms with Gasteiger partial charge >= 0.3 is 0 Å². The summed E-state index contributed by atoms with van der Waals surface area (Å²) in [5.41, 5.74) is 4.70. The van der Waals surface area contributed by atoms with Crippen LogP contribution in [0.1, 0.15) is 44.0 Å². The van der Waals surface area contributed by atoms with E-state index in [1.54, 1.807) is 35.7 Å². The third-order valence-corrected chi connectivity index (χ3v) is 10.1. The average molecular weight is 567 g/mol. The molecule has 2 aromatic carbocycles. The summed E-state index contributed by atoms with van der Waals surface area (Å²) < 4.78 is 50.2. The first kappa shape index (κ1) is 28.7. The minimum absolute atomic E-state index is 0.0535. The fourth-order valence-corrected chi connectivity index (χ4v) is 7.48. The van der Waals surface area contributed by atoms with Crippen LogP contribution in [-0.4, -0.2) is 74.3 Å². The zero-order valence-electron chi connectivity index (χ0n) is 24.0. The lowest BCUT2D eigenvalue weighted by Gasteiger charge is -2.47. The molecule has 0 saturated carbocycles. The van der Waals surface area contributed by atoms with E-state index in [1.807, 2.05) is 23.0 Å². The number of likely N-dealkylation sites (N-methyl/N-ethyl adjacent to an activating group) is 1. The fourth-order valence-electron chi connectivity index (χ4n) is 5.95. The highest BCUT2D eigenvalue weighted by Crippen LogP contribution is 2.46. The maximum Gasteiger partial charge on any atom is 0.243 e. The van der Waals surface area contributed by atoms with Gasteiger partial charge in [0.05, 0.1) is 29.1 Å². The Bertz CT molecular complexity index is 1490. The van der Waals surface area contributed by atoms with Crippen LogP contribution >= 0.6 is 0 Å². The summed E-state index contributed by atoms with van der Waals surface area (Å²) in [6, 6.07) is 13.6. The van der Waals surface area contributed by atoms with Crippen LogP contribution in [0.2, 0.25) is 0 Å². The number of hydrogen-bond donors (Lipinski definition) is 0. The normalized spacial score (nSPS) is 19.8. The van der Waals surface area contributed by atoms with Gasteiger partial charge in [0.2, 0.25) is 10.0 Å². The van der Waals surface area contributed by atoms with Gasteiger partial charge in [-0.2, -0.15) is 9.40 Å². The Hall–Kier alpha value is -2.85. The third kappa shape index (κ3) is 5.52. The first-order valence-electron chi connectivity index (χ1n) is 13.8. The van der Waals surface area contributed by atoms with Gasteiger partial charge in [0, 0.05) is 38.7 Å². The fraction of sp³-hybridized carbons (Fsp3) is 0.452. The quantitative estimate of drug-likeness (QED) is 0.388. The molecule has 3 aromatic rings. The summed E-state index contributed by atoms with van der Waals surface area (Å²) >= 11 is 0. The van der Waals surface area contributed by atoms with Gasteiger partial charge in [-0.15, -0.1) is 0 Å². The summed E-state index contributed by atoms with van der Waals surface area (Å²) in [4.78, 5) is 2.55. The average Bonchev–Trinajstić information content (AvgIpc) is 3.32. The molecule has 0 unspecified atom stereocenters. The van der Waals surface area contributed by atoms with E-state index < -0.39 is 15.4 Å². The third-order valence-electron chi connectivity index (χ3n) is 8.20. The van der Waals surface area contributed by atoms with Crippen LogP contribution in [0, 0.1) is 11.2 Å². The number of ether oxygens (including phenoxy) is 1. The number of fused-ring (bicyclic) bond motifs is 2. The number of nitrogens with zero attached hydrogens (tertiary/aromatic N) is 4. The SMILES string of the molecule is COCCN(C)C[C@]12Cc3cnn(-c4ccc(F)cc4)c3C=C1CCN(S(=O)(=O)c1ccc(C(C)(C)C)cc1)C2.